The molecular formula is C26H34N2O7. The molecule has 2 rings (SSSR count). The van der Waals surface area contributed by atoms with Gasteiger partial charge in [0, 0.05) is 17.1 Å². The zero-order chi connectivity index (χ0) is 26.1. The maximum Gasteiger partial charge on any atom is 0.337 e. The lowest BCUT2D eigenvalue weighted by Crippen LogP contribution is -2.39. The van der Waals surface area contributed by atoms with Gasteiger partial charge in [0.2, 0.25) is 0 Å². The van der Waals surface area contributed by atoms with Gasteiger partial charge in [0.25, 0.3) is 5.91 Å². The van der Waals surface area contributed by atoms with E-state index >= 15 is 0 Å². The molecule has 190 valence electrons. The lowest BCUT2D eigenvalue weighted by molar-refractivity contribution is -0.153. The fraction of sp³-hybridized carbons (Fsp3) is 0.462. The van der Waals surface area contributed by atoms with Crippen LogP contribution >= 0.6 is 0 Å². The predicted molar refractivity (Wildman–Crippen MR) is 130 cm³/mol. The Kier molecular flexibility index (Phi) is 10.1. The zero-order valence-corrected chi connectivity index (χ0v) is 21.2. The quantitative estimate of drug-likeness (QED) is 0.380. The largest absolute Gasteiger partial charge is 0.463 e. The molecule has 0 bridgehead atoms. The van der Waals surface area contributed by atoms with Crippen molar-refractivity contribution in [3.8, 4) is 0 Å². The molecule has 0 spiro atoms. The van der Waals surface area contributed by atoms with Crippen LogP contribution in [-0.2, 0) is 33.4 Å². The Morgan fingerprint density at radius 3 is 1.86 bits per heavy atom. The number of dihydropyridines is 1. The number of allylic oxidation sites excluding steroid dienone is 2. The van der Waals surface area contributed by atoms with Gasteiger partial charge >= 0.3 is 17.9 Å². The number of esters is 3. The fourth-order valence-corrected chi connectivity index (χ4v) is 3.74. The predicted octanol–water partition coefficient (Wildman–Crippen LogP) is 3.58. The molecule has 1 atom stereocenters. The van der Waals surface area contributed by atoms with E-state index in [2.05, 4.69) is 24.5 Å². The molecule has 35 heavy (non-hydrogen) atoms. The molecule has 0 unspecified atom stereocenters. The first-order chi connectivity index (χ1) is 16.6. The van der Waals surface area contributed by atoms with Crippen LogP contribution < -0.4 is 10.6 Å². The van der Waals surface area contributed by atoms with E-state index in [1.54, 1.807) is 39.8 Å². The van der Waals surface area contributed by atoms with Crippen LogP contribution in [0.5, 0.6) is 0 Å². The van der Waals surface area contributed by atoms with Crippen molar-refractivity contribution in [1.29, 1.82) is 0 Å². The molecule has 0 radical (unpaired) electrons. The standard InChI is InChI=1S/C26H34N2O7/c1-7-15(4)18-10-12-19(13-11-18)28-20(29)14-35-26(32)23-21(24(30)33-8-2)16(5)27-17(6)22(23)25(31)34-9-3/h10-13,15,23,27H,7-9,14H2,1-6H3,(H,28,29)/t15-/m1/s1. The summed E-state index contributed by atoms with van der Waals surface area (Å²) in [6.45, 7) is 10.2. The molecule has 1 aliphatic heterocycles. The average molecular weight is 487 g/mol. The lowest BCUT2D eigenvalue weighted by Gasteiger charge is -2.28. The average Bonchev–Trinajstić information content (AvgIpc) is 2.82. The summed E-state index contributed by atoms with van der Waals surface area (Å²) in [5.74, 6) is -4.00. The minimum absolute atomic E-state index is 0.0634. The van der Waals surface area contributed by atoms with Gasteiger partial charge in [0.15, 0.2) is 6.61 Å². The molecule has 1 aromatic carbocycles. The molecule has 0 fully saturated rings. The smallest absolute Gasteiger partial charge is 0.337 e. The highest BCUT2D eigenvalue weighted by Gasteiger charge is 2.42. The Bertz CT molecular complexity index is 985. The molecule has 1 amide bonds. The van der Waals surface area contributed by atoms with Gasteiger partial charge in [-0.1, -0.05) is 26.0 Å². The van der Waals surface area contributed by atoms with E-state index in [1.165, 1.54) is 0 Å². The van der Waals surface area contributed by atoms with Gasteiger partial charge in [-0.15, -0.1) is 0 Å². The highest BCUT2D eigenvalue weighted by molar-refractivity contribution is 6.06. The van der Waals surface area contributed by atoms with E-state index in [0.717, 1.165) is 12.0 Å². The number of rotatable bonds is 10. The highest BCUT2D eigenvalue weighted by Crippen LogP contribution is 2.32. The third kappa shape index (κ3) is 6.94. The Labute approximate surface area is 205 Å². The van der Waals surface area contributed by atoms with Crippen LogP contribution in [0.1, 0.15) is 59.4 Å². The second-order valence-corrected chi connectivity index (χ2v) is 8.16. The molecule has 2 N–H and O–H groups in total. The molecule has 0 aromatic heterocycles. The van der Waals surface area contributed by atoms with E-state index in [0.29, 0.717) is 23.0 Å². The first kappa shape index (κ1) is 27.6. The summed E-state index contributed by atoms with van der Waals surface area (Å²) in [7, 11) is 0. The van der Waals surface area contributed by atoms with Gasteiger partial charge < -0.3 is 24.8 Å². The summed E-state index contributed by atoms with van der Waals surface area (Å²) < 4.78 is 15.4. The Hall–Kier alpha value is -3.62. The van der Waals surface area contributed by atoms with Gasteiger partial charge in [-0.05, 0) is 57.7 Å². The van der Waals surface area contributed by atoms with Crippen LogP contribution in [0.3, 0.4) is 0 Å². The van der Waals surface area contributed by atoms with E-state index < -0.39 is 36.3 Å². The van der Waals surface area contributed by atoms with Crippen LogP contribution in [0.4, 0.5) is 5.69 Å². The van der Waals surface area contributed by atoms with E-state index in [1.807, 2.05) is 12.1 Å². The second kappa shape index (κ2) is 12.7. The summed E-state index contributed by atoms with van der Waals surface area (Å²) in [4.78, 5) is 50.9. The molecule has 0 saturated carbocycles. The van der Waals surface area contributed by atoms with Crippen LogP contribution in [-0.4, -0.2) is 43.6 Å². The maximum absolute atomic E-state index is 13.1. The number of anilines is 1. The lowest BCUT2D eigenvalue weighted by atomic mass is 9.85. The number of benzene rings is 1. The molecule has 1 heterocycles. The first-order valence-electron chi connectivity index (χ1n) is 11.7. The van der Waals surface area contributed by atoms with Gasteiger partial charge in [-0.25, -0.2) is 9.59 Å². The number of carbonyl (C=O) groups excluding carboxylic acids is 4. The number of carbonyl (C=O) groups is 4. The monoisotopic (exact) mass is 486 g/mol. The van der Waals surface area contributed by atoms with Crippen molar-refractivity contribution >= 4 is 29.5 Å². The molecule has 0 saturated heterocycles. The SMILES string of the molecule is CCOC(=O)C1=C(C)NC(C)=C(C(=O)OCC)C1C(=O)OCC(=O)Nc1ccc([C@H](C)CC)cc1. The van der Waals surface area contributed by atoms with Crippen LogP contribution in [0.15, 0.2) is 46.8 Å². The Morgan fingerprint density at radius 1 is 0.886 bits per heavy atom. The number of ether oxygens (including phenoxy) is 3. The van der Waals surface area contributed by atoms with Gasteiger partial charge in [0.1, 0.15) is 5.92 Å². The number of hydrogen-bond donors (Lipinski definition) is 2. The molecular weight excluding hydrogens is 452 g/mol. The normalized spacial score (nSPS) is 14.7. The minimum atomic E-state index is -1.39. The molecule has 0 aliphatic carbocycles. The third-order valence-electron chi connectivity index (χ3n) is 5.71. The van der Waals surface area contributed by atoms with Gasteiger partial charge in [0.05, 0.1) is 24.4 Å². The van der Waals surface area contributed by atoms with E-state index in [-0.39, 0.29) is 24.4 Å². The van der Waals surface area contributed by atoms with Gasteiger partial charge in [-0.3, -0.25) is 9.59 Å². The molecule has 1 aromatic rings. The maximum atomic E-state index is 13.1. The Morgan fingerprint density at radius 2 is 1.40 bits per heavy atom. The van der Waals surface area contributed by atoms with Crippen molar-refractivity contribution in [1.82, 2.24) is 5.32 Å². The number of nitrogens with one attached hydrogen (secondary N) is 2. The summed E-state index contributed by atoms with van der Waals surface area (Å²) >= 11 is 0. The van der Waals surface area contributed by atoms with E-state index in [9.17, 15) is 19.2 Å². The van der Waals surface area contributed by atoms with Gasteiger partial charge in [-0.2, -0.15) is 0 Å². The molecule has 9 heteroatoms. The summed E-state index contributed by atoms with van der Waals surface area (Å²) in [5.41, 5.74) is 2.29. The van der Waals surface area contributed by atoms with Crippen molar-refractivity contribution in [2.45, 2.75) is 53.9 Å². The van der Waals surface area contributed by atoms with Crippen molar-refractivity contribution in [2.24, 2.45) is 5.92 Å². The van der Waals surface area contributed by atoms with E-state index in [4.69, 9.17) is 14.2 Å². The summed E-state index contributed by atoms with van der Waals surface area (Å²) in [6.07, 6.45) is 1.00. The van der Waals surface area contributed by atoms with Crippen molar-refractivity contribution in [3.05, 3.63) is 52.4 Å². The van der Waals surface area contributed by atoms with Crippen molar-refractivity contribution in [2.75, 3.05) is 25.1 Å². The molecule has 9 nitrogen and oxygen atoms in total. The van der Waals surface area contributed by atoms with Crippen LogP contribution in [0.25, 0.3) is 0 Å². The fourth-order valence-electron chi connectivity index (χ4n) is 3.74. The number of hydrogen-bond acceptors (Lipinski definition) is 8. The summed E-state index contributed by atoms with van der Waals surface area (Å²) in [6, 6.07) is 7.43. The van der Waals surface area contributed by atoms with Crippen molar-refractivity contribution in [3.63, 3.8) is 0 Å². The zero-order valence-electron chi connectivity index (χ0n) is 21.2. The first-order valence-corrected chi connectivity index (χ1v) is 11.7. The third-order valence-corrected chi connectivity index (χ3v) is 5.71. The number of amides is 1. The van der Waals surface area contributed by atoms with Crippen LogP contribution in [0, 0.1) is 5.92 Å². The summed E-state index contributed by atoms with van der Waals surface area (Å²) in [5, 5.41) is 5.60. The Balaban J connectivity index is 2.19. The second-order valence-electron chi connectivity index (χ2n) is 8.16. The van der Waals surface area contributed by atoms with Crippen LogP contribution in [0.2, 0.25) is 0 Å². The van der Waals surface area contributed by atoms with Crippen molar-refractivity contribution < 1.29 is 33.4 Å². The minimum Gasteiger partial charge on any atom is -0.463 e. The highest BCUT2D eigenvalue weighted by atomic mass is 16.5. The topological polar surface area (TPSA) is 120 Å². The molecule has 1 aliphatic rings.